The minimum atomic E-state index is -4.70. The molecule has 4 nitrogen and oxygen atoms in total. The van der Waals surface area contributed by atoms with Crippen LogP contribution in [0.4, 0.5) is 13.2 Å². The fraction of sp³-hybridized carbons (Fsp3) is 0.909. The van der Waals surface area contributed by atoms with Crippen LogP contribution in [-0.2, 0) is 4.79 Å². The van der Waals surface area contributed by atoms with Crippen molar-refractivity contribution in [2.24, 2.45) is 5.92 Å². The van der Waals surface area contributed by atoms with Gasteiger partial charge in [0.15, 0.2) is 5.92 Å². The molecular weight excluding hydrogens is 249 g/mol. The number of halogens is 3. The summed E-state index contributed by atoms with van der Waals surface area (Å²) >= 11 is 0. The number of alkyl halides is 3. The smallest absolute Gasteiger partial charge is 0.403 e. The van der Waals surface area contributed by atoms with Crippen LogP contribution >= 0.6 is 0 Å². The van der Waals surface area contributed by atoms with Gasteiger partial charge in [-0.3, -0.25) is 4.79 Å². The van der Waals surface area contributed by atoms with Gasteiger partial charge in [-0.05, 0) is 19.5 Å². The molecule has 1 unspecified atom stereocenters. The van der Waals surface area contributed by atoms with E-state index in [2.05, 4.69) is 10.2 Å². The molecule has 0 saturated heterocycles. The normalized spacial score (nSPS) is 13.9. The predicted octanol–water partition coefficient (Wildman–Crippen LogP) is 1.57. The molecule has 0 heterocycles. The number of hydrogen-bond donors (Lipinski definition) is 2. The molecule has 1 atom stereocenters. The molecule has 0 amide bonds. The molecule has 0 aliphatic rings. The molecule has 0 saturated carbocycles. The second kappa shape index (κ2) is 8.31. The summed E-state index contributed by atoms with van der Waals surface area (Å²) in [5.74, 6) is -4.17. The number of hydrogen-bond acceptors (Lipinski definition) is 3. The third-order valence-corrected chi connectivity index (χ3v) is 2.63. The molecule has 0 aliphatic carbocycles. The van der Waals surface area contributed by atoms with E-state index in [9.17, 15) is 18.0 Å². The molecule has 0 spiro atoms. The van der Waals surface area contributed by atoms with E-state index in [1.54, 1.807) is 0 Å². The van der Waals surface area contributed by atoms with Crippen LogP contribution in [0.25, 0.3) is 0 Å². The molecule has 0 aromatic carbocycles. The zero-order valence-corrected chi connectivity index (χ0v) is 10.8. The van der Waals surface area contributed by atoms with E-state index in [4.69, 9.17) is 5.11 Å². The number of nitrogens with zero attached hydrogens (tertiary/aromatic N) is 1. The average molecular weight is 270 g/mol. The second-order valence-corrected chi connectivity index (χ2v) is 4.07. The van der Waals surface area contributed by atoms with Crippen LogP contribution in [0.15, 0.2) is 0 Å². The number of likely N-dealkylation sites (N-methyl/N-ethyl adjacent to an activating group) is 1. The van der Waals surface area contributed by atoms with Gasteiger partial charge in [-0.2, -0.15) is 13.2 Å². The van der Waals surface area contributed by atoms with Crippen LogP contribution in [0.5, 0.6) is 0 Å². The first-order chi connectivity index (χ1) is 8.32. The Labute approximate surface area is 105 Å². The molecule has 0 aliphatic heterocycles. The van der Waals surface area contributed by atoms with Crippen molar-refractivity contribution in [1.29, 1.82) is 0 Å². The predicted molar refractivity (Wildman–Crippen MR) is 62.5 cm³/mol. The summed E-state index contributed by atoms with van der Waals surface area (Å²) in [6.07, 6.45) is -3.72. The highest BCUT2D eigenvalue weighted by Gasteiger charge is 2.44. The summed E-state index contributed by atoms with van der Waals surface area (Å²) in [6.45, 7) is 6.12. The van der Waals surface area contributed by atoms with Crippen molar-refractivity contribution in [1.82, 2.24) is 10.2 Å². The van der Waals surface area contributed by atoms with E-state index < -0.39 is 24.6 Å². The van der Waals surface area contributed by atoms with Gasteiger partial charge in [0.2, 0.25) is 0 Å². The van der Waals surface area contributed by atoms with E-state index in [-0.39, 0.29) is 0 Å². The molecule has 0 aromatic heterocycles. The second-order valence-electron chi connectivity index (χ2n) is 4.07. The quantitative estimate of drug-likeness (QED) is 0.624. The maximum atomic E-state index is 12.3. The number of nitrogens with one attached hydrogen (secondary N) is 1. The van der Waals surface area contributed by atoms with E-state index in [0.29, 0.717) is 13.1 Å². The summed E-state index contributed by atoms with van der Waals surface area (Å²) in [5, 5.41) is 11.0. The highest BCUT2D eigenvalue weighted by atomic mass is 19.4. The SMILES string of the molecule is CCCN(CC)CCNCC(C(=O)O)C(F)(F)F. The van der Waals surface area contributed by atoms with Gasteiger partial charge in [-0.1, -0.05) is 13.8 Å². The van der Waals surface area contributed by atoms with Gasteiger partial charge in [0.25, 0.3) is 0 Å². The van der Waals surface area contributed by atoms with E-state index >= 15 is 0 Å². The van der Waals surface area contributed by atoms with E-state index in [1.807, 2.05) is 13.8 Å². The van der Waals surface area contributed by atoms with Gasteiger partial charge in [-0.15, -0.1) is 0 Å². The Morgan fingerprint density at radius 1 is 1.33 bits per heavy atom. The number of carboxylic acid groups (broad SMARTS) is 1. The number of rotatable bonds is 9. The van der Waals surface area contributed by atoms with Crippen LogP contribution in [-0.4, -0.2) is 54.9 Å². The molecule has 18 heavy (non-hydrogen) atoms. The Hall–Kier alpha value is -0.820. The Balaban J connectivity index is 3.97. The van der Waals surface area contributed by atoms with Crippen molar-refractivity contribution >= 4 is 5.97 Å². The van der Waals surface area contributed by atoms with Gasteiger partial charge in [0, 0.05) is 19.6 Å². The van der Waals surface area contributed by atoms with Crippen molar-refractivity contribution in [2.45, 2.75) is 26.4 Å². The molecule has 0 aromatic rings. The lowest BCUT2D eigenvalue weighted by molar-refractivity contribution is -0.192. The summed E-state index contributed by atoms with van der Waals surface area (Å²) in [6, 6.07) is 0. The Kier molecular flexibility index (Phi) is 7.93. The van der Waals surface area contributed by atoms with E-state index in [0.717, 1.165) is 19.5 Å². The molecule has 0 rings (SSSR count). The first-order valence-corrected chi connectivity index (χ1v) is 6.05. The molecule has 0 fully saturated rings. The summed E-state index contributed by atoms with van der Waals surface area (Å²) < 4.78 is 36.9. The van der Waals surface area contributed by atoms with Gasteiger partial charge in [0.1, 0.15) is 0 Å². The van der Waals surface area contributed by atoms with Gasteiger partial charge in [-0.25, -0.2) is 0 Å². The Morgan fingerprint density at radius 2 is 1.94 bits per heavy atom. The fourth-order valence-electron chi connectivity index (χ4n) is 1.57. The largest absolute Gasteiger partial charge is 0.481 e. The Morgan fingerprint density at radius 3 is 2.33 bits per heavy atom. The van der Waals surface area contributed by atoms with Crippen LogP contribution in [0.3, 0.4) is 0 Å². The maximum absolute atomic E-state index is 12.3. The highest BCUT2D eigenvalue weighted by molar-refractivity contribution is 5.71. The highest BCUT2D eigenvalue weighted by Crippen LogP contribution is 2.25. The fourth-order valence-corrected chi connectivity index (χ4v) is 1.57. The zero-order valence-electron chi connectivity index (χ0n) is 10.8. The minimum absolute atomic E-state index is 0.355. The Bertz CT molecular complexity index is 247. The van der Waals surface area contributed by atoms with Crippen molar-refractivity contribution in [3.8, 4) is 0 Å². The first-order valence-electron chi connectivity index (χ1n) is 6.05. The monoisotopic (exact) mass is 270 g/mol. The zero-order chi connectivity index (χ0) is 14.2. The van der Waals surface area contributed by atoms with Crippen molar-refractivity contribution in [3.05, 3.63) is 0 Å². The van der Waals surface area contributed by atoms with Gasteiger partial charge >= 0.3 is 12.1 Å². The van der Waals surface area contributed by atoms with E-state index in [1.165, 1.54) is 0 Å². The average Bonchev–Trinajstić information content (AvgIpc) is 2.24. The van der Waals surface area contributed by atoms with Crippen LogP contribution < -0.4 is 5.32 Å². The summed E-state index contributed by atoms with van der Waals surface area (Å²) in [5.41, 5.74) is 0. The summed E-state index contributed by atoms with van der Waals surface area (Å²) in [7, 11) is 0. The van der Waals surface area contributed by atoms with Crippen molar-refractivity contribution < 1.29 is 23.1 Å². The van der Waals surface area contributed by atoms with Crippen molar-refractivity contribution in [2.75, 3.05) is 32.7 Å². The molecule has 2 N–H and O–H groups in total. The lowest BCUT2D eigenvalue weighted by atomic mass is 10.1. The first kappa shape index (κ1) is 17.2. The molecular formula is C11H21F3N2O2. The van der Waals surface area contributed by atoms with Gasteiger partial charge in [0.05, 0.1) is 0 Å². The standard InChI is InChI=1S/C11H21F3N2O2/c1-3-6-16(4-2)7-5-15-8-9(10(17)18)11(12,13)14/h9,15H,3-8H2,1-2H3,(H,17,18). The van der Waals surface area contributed by atoms with Crippen LogP contribution in [0.1, 0.15) is 20.3 Å². The number of carbonyl (C=O) groups is 1. The molecule has 0 bridgehead atoms. The number of carboxylic acids is 1. The minimum Gasteiger partial charge on any atom is -0.481 e. The molecule has 108 valence electrons. The topological polar surface area (TPSA) is 52.6 Å². The molecule has 7 heteroatoms. The lowest BCUT2D eigenvalue weighted by Gasteiger charge is -2.21. The van der Waals surface area contributed by atoms with Crippen molar-refractivity contribution in [3.63, 3.8) is 0 Å². The van der Waals surface area contributed by atoms with Crippen LogP contribution in [0, 0.1) is 5.92 Å². The van der Waals surface area contributed by atoms with Gasteiger partial charge < -0.3 is 15.3 Å². The third kappa shape index (κ3) is 6.80. The number of aliphatic carboxylic acids is 1. The molecule has 0 radical (unpaired) electrons. The maximum Gasteiger partial charge on any atom is 0.403 e. The lowest BCUT2D eigenvalue weighted by Crippen LogP contribution is -2.41. The third-order valence-electron chi connectivity index (χ3n) is 2.63. The summed E-state index contributed by atoms with van der Waals surface area (Å²) in [4.78, 5) is 12.6. The van der Waals surface area contributed by atoms with Crippen LogP contribution in [0.2, 0.25) is 0 Å².